The molecule has 200 valence electrons. The Labute approximate surface area is 206 Å². The van der Waals surface area contributed by atoms with Gasteiger partial charge in [-0.3, -0.25) is 4.79 Å². The average Bonchev–Trinajstić information content (AvgIpc) is 3.43. The van der Waals surface area contributed by atoms with Crippen LogP contribution >= 0.6 is 0 Å². The molecular formula is C23H31NO12. The number of fused-ring (bicyclic) bond motifs is 1. The highest BCUT2D eigenvalue weighted by molar-refractivity contribution is 5.97. The van der Waals surface area contributed by atoms with E-state index in [2.05, 4.69) is 5.32 Å². The van der Waals surface area contributed by atoms with E-state index in [4.69, 9.17) is 18.9 Å². The van der Waals surface area contributed by atoms with E-state index in [0.29, 0.717) is 5.56 Å². The summed E-state index contributed by atoms with van der Waals surface area (Å²) in [5, 5.41) is 73.6. The normalized spacial score (nSPS) is 39.5. The van der Waals surface area contributed by atoms with Gasteiger partial charge in [-0.15, -0.1) is 0 Å². The zero-order valence-electron chi connectivity index (χ0n) is 19.5. The zero-order chi connectivity index (χ0) is 26.3. The molecular weight excluding hydrogens is 482 g/mol. The minimum Gasteiger partial charge on any atom is -0.504 e. The summed E-state index contributed by atoms with van der Waals surface area (Å²) >= 11 is 0. The summed E-state index contributed by atoms with van der Waals surface area (Å²) < 4.78 is 21.2. The van der Waals surface area contributed by atoms with Crippen LogP contribution in [0.15, 0.2) is 23.8 Å². The number of amides is 1. The average molecular weight is 513 g/mol. The molecule has 0 bridgehead atoms. The van der Waals surface area contributed by atoms with Gasteiger partial charge in [0.05, 0.1) is 12.1 Å². The Morgan fingerprint density at radius 2 is 1.72 bits per heavy atom. The molecule has 13 nitrogen and oxygen atoms in total. The molecule has 0 radical (unpaired) electrons. The number of phenols is 1. The molecule has 3 aliphatic rings. The molecule has 1 aromatic rings. The summed E-state index contributed by atoms with van der Waals surface area (Å²) in [6.45, 7) is 2.73. The summed E-state index contributed by atoms with van der Waals surface area (Å²) in [4.78, 5) is 12.7. The first-order valence-electron chi connectivity index (χ1n) is 11.5. The summed E-state index contributed by atoms with van der Waals surface area (Å²) in [6, 6.07) is 2.96. The van der Waals surface area contributed by atoms with E-state index in [-0.39, 0.29) is 23.9 Å². The van der Waals surface area contributed by atoms with Crippen molar-refractivity contribution in [1.82, 2.24) is 5.32 Å². The van der Waals surface area contributed by atoms with Crippen LogP contribution in [-0.2, 0) is 19.0 Å². The number of hydrogen-bond donors (Lipinski definition) is 8. The molecule has 1 aliphatic carbocycles. The van der Waals surface area contributed by atoms with E-state index in [1.807, 2.05) is 0 Å². The molecule has 0 spiro atoms. The second-order valence-electron chi connectivity index (χ2n) is 9.21. The second-order valence-corrected chi connectivity index (χ2v) is 9.21. The van der Waals surface area contributed by atoms with Crippen LogP contribution in [0.3, 0.4) is 0 Å². The lowest BCUT2D eigenvalue weighted by atomic mass is 9.83. The van der Waals surface area contributed by atoms with Gasteiger partial charge in [0, 0.05) is 5.57 Å². The molecule has 8 N–H and O–H groups in total. The van der Waals surface area contributed by atoms with E-state index < -0.39 is 73.2 Å². The SMILES string of the molecule is C/C(=C\c1ccc(OC2OC(C(C)O)C(O)C2O)c(O)c1)C(=O)NC1C(O)C(O)C2OCOC2C1O. The Hall–Kier alpha value is -2.33. The van der Waals surface area contributed by atoms with Crippen LogP contribution in [0.2, 0.25) is 0 Å². The summed E-state index contributed by atoms with van der Waals surface area (Å²) in [6.07, 6.45) is -10.8. The lowest BCUT2D eigenvalue weighted by Gasteiger charge is -2.41. The van der Waals surface area contributed by atoms with Crippen molar-refractivity contribution >= 4 is 12.0 Å². The number of hydrogen-bond acceptors (Lipinski definition) is 12. The molecule has 0 aromatic heterocycles. The number of carbonyl (C=O) groups is 1. The monoisotopic (exact) mass is 513 g/mol. The van der Waals surface area contributed by atoms with Gasteiger partial charge in [0.15, 0.2) is 11.5 Å². The Morgan fingerprint density at radius 1 is 1.06 bits per heavy atom. The van der Waals surface area contributed by atoms with Gasteiger partial charge in [-0.2, -0.15) is 0 Å². The van der Waals surface area contributed by atoms with Gasteiger partial charge < -0.3 is 60.0 Å². The van der Waals surface area contributed by atoms with Gasteiger partial charge in [0.25, 0.3) is 0 Å². The molecule has 1 saturated carbocycles. The molecule has 2 heterocycles. The minimum atomic E-state index is -1.49. The van der Waals surface area contributed by atoms with Crippen molar-refractivity contribution in [2.24, 2.45) is 0 Å². The van der Waals surface area contributed by atoms with Gasteiger partial charge in [0.1, 0.15) is 55.6 Å². The van der Waals surface area contributed by atoms with Crippen LogP contribution in [-0.4, -0.2) is 116 Å². The number of aliphatic hydroxyl groups excluding tert-OH is 6. The molecule has 2 saturated heterocycles. The maximum absolute atomic E-state index is 12.7. The number of nitrogens with one attached hydrogen (secondary N) is 1. The third kappa shape index (κ3) is 5.07. The van der Waals surface area contributed by atoms with Gasteiger partial charge in [-0.05, 0) is 37.6 Å². The van der Waals surface area contributed by atoms with E-state index in [1.165, 1.54) is 38.1 Å². The molecule has 2 aliphatic heterocycles. The molecule has 3 fully saturated rings. The highest BCUT2D eigenvalue weighted by atomic mass is 16.7. The standard InChI is InChI=1S/C23H31NO12/c1-8(22(32)24-13-14(27)16(29)21-20(15(13)28)33-7-34-21)5-10-3-4-12(11(26)6-10)35-23-18(31)17(30)19(36-23)9(2)25/h3-6,9,13-21,23,25-31H,7H2,1-2H3,(H,24,32)/b8-5+. The largest absolute Gasteiger partial charge is 0.504 e. The van der Waals surface area contributed by atoms with Crippen LogP contribution in [0, 0.1) is 0 Å². The van der Waals surface area contributed by atoms with Crippen molar-refractivity contribution in [3.8, 4) is 11.5 Å². The molecule has 11 unspecified atom stereocenters. The fourth-order valence-electron chi connectivity index (χ4n) is 4.55. The number of carbonyl (C=O) groups excluding carboxylic acids is 1. The van der Waals surface area contributed by atoms with Crippen LogP contribution in [0.4, 0.5) is 0 Å². The van der Waals surface area contributed by atoms with Gasteiger partial charge in [-0.1, -0.05) is 6.07 Å². The first-order chi connectivity index (χ1) is 17.0. The maximum atomic E-state index is 12.7. The van der Waals surface area contributed by atoms with Gasteiger partial charge >= 0.3 is 0 Å². The third-order valence-corrected chi connectivity index (χ3v) is 6.60. The lowest BCUT2D eigenvalue weighted by molar-refractivity contribution is -0.155. The van der Waals surface area contributed by atoms with Gasteiger partial charge in [-0.25, -0.2) is 0 Å². The quantitative estimate of drug-likeness (QED) is 0.183. The molecule has 4 rings (SSSR count). The first-order valence-corrected chi connectivity index (χ1v) is 11.5. The highest BCUT2D eigenvalue weighted by Crippen LogP contribution is 2.33. The van der Waals surface area contributed by atoms with Crippen molar-refractivity contribution in [3.63, 3.8) is 0 Å². The molecule has 1 amide bonds. The molecule has 36 heavy (non-hydrogen) atoms. The summed E-state index contributed by atoms with van der Waals surface area (Å²) in [7, 11) is 0. The number of ether oxygens (including phenoxy) is 4. The summed E-state index contributed by atoms with van der Waals surface area (Å²) in [5.74, 6) is -1.04. The number of benzene rings is 1. The predicted molar refractivity (Wildman–Crippen MR) is 119 cm³/mol. The van der Waals surface area contributed by atoms with E-state index in [0.717, 1.165) is 0 Å². The van der Waals surface area contributed by atoms with Crippen LogP contribution < -0.4 is 10.1 Å². The van der Waals surface area contributed by atoms with Crippen molar-refractivity contribution in [3.05, 3.63) is 29.3 Å². The topological polar surface area (TPSA) is 208 Å². The van der Waals surface area contributed by atoms with E-state index >= 15 is 0 Å². The Bertz CT molecular complexity index is 986. The molecule has 11 atom stereocenters. The Balaban J connectivity index is 1.41. The molecule has 13 heteroatoms. The number of aromatic hydroxyl groups is 1. The number of phenolic OH excluding ortho intramolecular Hbond substituents is 1. The predicted octanol–water partition coefficient (Wildman–Crippen LogP) is -2.68. The Kier molecular flexibility index (Phi) is 7.85. The van der Waals surface area contributed by atoms with Crippen LogP contribution in [0.5, 0.6) is 11.5 Å². The van der Waals surface area contributed by atoms with Crippen molar-refractivity contribution in [1.29, 1.82) is 0 Å². The van der Waals surface area contributed by atoms with Crippen LogP contribution in [0.1, 0.15) is 19.4 Å². The second kappa shape index (κ2) is 10.6. The fourth-order valence-corrected chi connectivity index (χ4v) is 4.55. The van der Waals surface area contributed by atoms with Crippen molar-refractivity contribution in [2.75, 3.05) is 6.79 Å². The van der Waals surface area contributed by atoms with Crippen molar-refractivity contribution in [2.45, 2.75) is 81.1 Å². The minimum absolute atomic E-state index is 0.0625. The van der Waals surface area contributed by atoms with Crippen molar-refractivity contribution < 1.29 is 59.5 Å². The smallest absolute Gasteiger partial charge is 0.247 e. The van der Waals surface area contributed by atoms with E-state index in [9.17, 15) is 40.5 Å². The zero-order valence-corrected chi connectivity index (χ0v) is 19.5. The highest BCUT2D eigenvalue weighted by Gasteiger charge is 2.53. The number of rotatable bonds is 6. The van der Waals surface area contributed by atoms with E-state index in [1.54, 1.807) is 0 Å². The summed E-state index contributed by atoms with van der Waals surface area (Å²) in [5.41, 5.74) is 0.569. The lowest BCUT2D eigenvalue weighted by Crippen LogP contribution is -2.67. The maximum Gasteiger partial charge on any atom is 0.247 e. The third-order valence-electron chi connectivity index (χ3n) is 6.60. The van der Waals surface area contributed by atoms with Crippen LogP contribution in [0.25, 0.3) is 6.08 Å². The number of aliphatic hydroxyl groups is 6. The molecule has 1 aromatic carbocycles. The van der Waals surface area contributed by atoms with Gasteiger partial charge in [0.2, 0.25) is 12.2 Å². The Morgan fingerprint density at radius 3 is 2.33 bits per heavy atom. The fraction of sp³-hybridized carbons (Fsp3) is 0.609. The first kappa shape index (κ1) is 26.7.